The summed E-state index contributed by atoms with van der Waals surface area (Å²) in [5.74, 6) is 0.502. The minimum atomic E-state index is -0.261. The molecule has 2 aromatic carbocycles. The van der Waals surface area contributed by atoms with Gasteiger partial charge in [-0.25, -0.2) is 4.39 Å². The molecule has 0 amide bonds. The third-order valence-corrected chi connectivity index (χ3v) is 3.97. The minimum Gasteiger partial charge on any atom is -0.488 e. The van der Waals surface area contributed by atoms with Gasteiger partial charge in [-0.3, -0.25) is 0 Å². The summed E-state index contributed by atoms with van der Waals surface area (Å²) in [6.45, 7) is 3.85. The van der Waals surface area contributed by atoms with Crippen molar-refractivity contribution >= 4 is 31.9 Å². The van der Waals surface area contributed by atoms with Crippen LogP contribution < -0.4 is 10.1 Å². The number of hydrogen-bond acceptors (Lipinski definition) is 2. The van der Waals surface area contributed by atoms with Crippen LogP contribution in [0.3, 0.4) is 0 Å². The predicted molar refractivity (Wildman–Crippen MR) is 90.0 cm³/mol. The molecule has 0 aliphatic carbocycles. The van der Waals surface area contributed by atoms with Crippen LogP contribution in [-0.2, 0) is 13.2 Å². The van der Waals surface area contributed by atoms with Crippen LogP contribution in [0.15, 0.2) is 45.3 Å². The van der Waals surface area contributed by atoms with E-state index in [1.54, 1.807) is 12.1 Å². The predicted octanol–water partition coefficient (Wildman–Crippen LogP) is 5.04. The lowest BCUT2D eigenvalue weighted by atomic mass is 10.2. The summed E-state index contributed by atoms with van der Waals surface area (Å²) in [7, 11) is 0. The lowest BCUT2D eigenvalue weighted by Gasteiger charge is -2.13. The maximum atomic E-state index is 13.7. The molecule has 0 saturated heterocycles. The molecule has 2 rings (SSSR count). The Bertz CT molecular complexity index is 619. The van der Waals surface area contributed by atoms with Crippen molar-refractivity contribution in [2.24, 2.45) is 0 Å². The van der Waals surface area contributed by atoms with E-state index in [1.165, 1.54) is 6.07 Å². The Balaban J connectivity index is 2.13. The van der Waals surface area contributed by atoms with Gasteiger partial charge < -0.3 is 10.1 Å². The Hall–Kier alpha value is -0.910. The molecule has 112 valence electrons. The van der Waals surface area contributed by atoms with Crippen LogP contribution in [0.1, 0.15) is 18.1 Å². The highest BCUT2D eigenvalue weighted by molar-refractivity contribution is 9.10. The number of halogens is 3. The number of nitrogens with one attached hydrogen (secondary N) is 1. The first-order chi connectivity index (χ1) is 10.1. The third kappa shape index (κ3) is 4.80. The van der Waals surface area contributed by atoms with Crippen LogP contribution in [0.25, 0.3) is 0 Å². The summed E-state index contributed by atoms with van der Waals surface area (Å²) in [4.78, 5) is 0. The lowest BCUT2D eigenvalue weighted by molar-refractivity contribution is 0.296. The van der Waals surface area contributed by atoms with E-state index in [1.807, 2.05) is 18.2 Å². The Kier molecular flexibility index (Phi) is 6.21. The van der Waals surface area contributed by atoms with Gasteiger partial charge in [0, 0.05) is 26.6 Å². The van der Waals surface area contributed by atoms with Crippen molar-refractivity contribution in [2.45, 2.75) is 20.1 Å². The number of benzene rings is 2. The van der Waals surface area contributed by atoms with E-state index < -0.39 is 0 Å². The molecule has 0 unspecified atom stereocenters. The minimum absolute atomic E-state index is 0.200. The van der Waals surface area contributed by atoms with Gasteiger partial charge in [-0.15, -0.1) is 0 Å². The van der Waals surface area contributed by atoms with E-state index >= 15 is 0 Å². The highest BCUT2D eigenvalue weighted by atomic mass is 79.9. The molecule has 1 N–H and O–H groups in total. The standard InChI is InChI=1S/C16H16Br2FNO/c1-2-20-9-11-7-14(18)4-6-16(11)21-10-12-8-13(17)3-5-15(12)19/h3-8,20H,2,9-10H2,1H3. The molecule has 0 saturated carbocycles. The molecule has 2 aromatic rings. The smallest absolute Gasteiger partial charge is 0.129 e. The summed E-state index contributed by atoms with van der Waals surface area (Å²) in [5.41, 5.74) is 1.57. The zero-order chi connectivity index (χ0) is 15.2. The van der Waals surface area contributed by atoms with E-state index in [-0.39, 0.29) is 12.4 Å². The zero-order valence-electron chi connectivity index (χ0n) is 11.6. The van der Waals surface area contributed by atoms with Gasteiger partial charge in [-0.1, -0.05) is 38.8 Å². The topological polar surface area (TPSA) is 21.3 Å². The van der Waals surface area contributed by atoms with Gasteiger partial charge in [-0.2, -0.15) is 0 Å². The van der Waals surface area contributed by atoms with E-state index in [2.05, 4.69) is 44.1 Å². The summed E-state index contributed by atoms with van der Waals surface area (Å²) >= 11 is 6.80. The van der Waals surface area contributed by atoms with Gasteiger partial charge in [-0.05, 0) is 42.9 Å². The van der Waals surface area contributed by atoms with E-state index in [0.29, 0.717) is 12.1 Å². The van der Waals surface area contributed by atoms with Crippen LogP contribution in [0.5, 0.6) is 5.75 Å². The highest BCUT2D eigenvalue weighted by Crippen LogP contribution is 2.25. The van der Waals surface area contributed by atoms with Crippen LogP contribution in [0.2, 0.25) is 0 Å². The molecule has 0 fully saturated rings. The van der Waals surface area contributed by atoms with E-state index in [4.69, 9.17) is 4.74 Å². The Labute approximate surface area is 141 Å². The van der Waals surface area contributed by atoms with Gasteiger partial charge in [0.05, 0.1) is 0 Å². The highest BCUT2D eigenvalue weighted by Gasteiger charge is 2.08. The summed E-state index contributed by atoms with van der Waals surface area (Å²) in [6.07, 6.45) is 0. The second-order valence-electron chi connectivity index (χ2n) is 4.56. The van der Waals surface area contributed by atoms with Gasteiger partial charge in [0.25, 0.3) is 0 Å². The molecule has 0 spiro atoms. The van der Waals surface area contributed by atoms with Crippen molar-refractivity contribution in [3.8, 4) is 5.75 Å². The fraction of sp³-hybridized carbons (Fsp3) is 0.250. The van der Waals surface area contributed by atoms with Gasteiger partial charge >= 0.3 is 0 Å². The number of ether oxygens (including phenoxy) is 1. The van der Waals surface area contributed by atoms with Gasteiger partial charge in [0.15, 0.2) is 0 Å². The fourth-order valence-corrected chi connectivity index (χ4v) is 2.71. The summed E-state index contributed by atoms with van der Waals surface area (Å²) < 4.78 is 21.3. The van der Waals surface area contributed by atoms with Crippen molar-refractivity contribution < 1.29 is 9.13 Å². The molecule has 0 heterocycles. The first kappa shape index (κ1) is 16.5. The van der Waals surface area contributed by atoms with Crippen LogP contribution in [0, 0.1) is 5.82 Å². The molecule has 0 aromatic heterocycles. The van der Waals surface area contributed by atoms with E-state index in [0.717, 1.165) is 26.8 Å². The maximum absolute atomic E-state index is 13.7. The SMILES string of the molecule is CCNCc1cc(Br)ccc1OCc1cc(Br)ccc1F. The van der Waals surface area contributed by atoms with Crippen molar-refractivity contribution in [1.29, 1.82) is 0 Å². The average molecular weight is 417 g/mol. The molecule has 0 atom stereocenters. The van der Waals surface area contributed by atoms with E-state index in [9.17, 15) is 4.39 Å². The van der Waals surface area contributed by atoms with Crippen molar-refractivity contribution in [3.05, 3.63) is 62.3 Å². The fourth-order valence-electron chi connectivity index (χ4n) is 1.90. The third-order valence-electron chi connectivity index (χ3n) is 2.98. The van der Waals surface area contributed by atoms with Gasteiger partial charge in [0.1, 0.15) is 18.2 Å². The maximum Gasteiger partial charge on any atom is 0.129 e. The van der Waals surface area contributed by atoms with Crippen LogP contribution >= 0.6 is 31.9 Å². The quantitative estimate of drug-likeness (QED) is 0.712. The van der Waals surface area contributed by atoms with Crippen molar-refractivity contribution in [1.82, 2.24) is 5.32 Å². The largest absolute Gasteiger partial charge is 0.488 e. The molecule has 0 bridgehead atoms. The molecule has 0 aliphatic rings. The first-order valence-electron chi connectivity index (χ1n) is 6.66. The normalized spacial score (nSPS) is 10.7. The van der Waals surface area contributed by atoms with Gasteiger partial charge in [0.2, 0.25) is 0 Å². The molecule has 0 radical (unpaired) electrons. The van der Waals surface area contributed by atoms with Crippen molar-refractivity contribution in [2.75, 3.05) is 6.54 Å². The number of rotatable bonds is 6. The first-order valence-corrected chi connectivity index (χ1v) is 8.24. The van der Waals surface area contributed by atoms with Crippen LogP contribution in [-0.4, -0.2) is 6.54 Å². The van der Waals surface area contributed by atoms with Crippen molar-refractivity contribution in [3.63, 3.8) is 0 Å². The Morgan fingerprint density at radius 2 is 1.71 bits per heavy atom. The molecule has 0 aliphatic heterocycles. The van der Waals surface area contributed by atoms with Crippen LogP contribution in [0.4, 0.5) is 4.39 Å². The Morgan fingerprint density at radius 3 is 2.43 bits per heavy atom. The zero-order valence-corrected chi connectivity index (χ0v) is 14.8. The second-order valence-corrected chi connectivity index (χ2v) is 6.39. The second kappa shape index (κ2) is 7.92. The molecular formula is C16H16Br2FNO. The molecular weight excluding hydrogens is 401 g/mol. The summed E-state index contributed by atoms with van der Waals surface area (Å²) in [5, 5.41) is 3.27. The molecule has 21 heavy (non-hydrogen) atoms. The molecule has 2 nitrogen and oxygen atoms in total. The Morgan fingerprint density at radius 1 is 1.05 bits per heavy atom. The summed E-state index contributed by atoms with van der Waals surface area (Å²) in [6, 6.07) is 10.7. The monoisotopic (exact) mass is 415 g/mol. The average Bonchev–Trinajstić information content (AvgIpc) is 2.47. The molecule has 5 heteroatoms. The number of hydrogen-bond donors (Lipinski definition) is 1. The lowest BCUT2D eigenvalue weighted by Crippen LogP contribution is -2.13.